The van der Waals surface area contributed by atoms with Crippen molar-refractivity contribution >= 4 is 5.91 Å². The highest BCUT2D eigenvalue weighted by atomic mass is 16.5. The van der Waals surface area contributed by atoms with E-state index in [9.17, 15) is 4.79 Å². The van der Waals surface area contributed by atoms with Gasteiger partial charge in [-0.1, -0.05) is 6.92 Å². The van der Waals surface area contributed by atoms with Crippen LogP contribution in [-0.4, -0.2) is 31.2 Å². The average molecular weight is 214 g/mol. The van der Waals surface area contributed by atoms with E-state index in [-0.39, 0.29) is 24.0 Å². The number of nitrogens with two attached hydrogens (primary N) is 1. The maximum absolute atomic E-state index is 11.8. The Morgan fingerprint density at radius 3 is 2.87 bits per heavy atom. The lowest BCUT2D eigenvalue weighted by Crippen LogP contribution is -2.39. The van der Waals surface area contributed by atoms with Gasteiger partial charge >= 0.3 is 0 Å². The van der Waals surface area contributed by atoms with Crippen molar-refractivity contribution in [3.8, 4) is 0 Å². The molecule has 4 heteroatoms. The van der Waals surface area contributed by atoms with E-state index in [0.717, 1.165) is 19.3 Å². The Morgan fingerprint density at radius 1 is 1.67 bits per heavy atom. The van der Waals surface area contributed by atoms with E-state index in [0.29, 0.717) is 13.2 Å². The summed E-state index contributed by atoms with van der Waals surface area (Å²) in [6, 6.07) is 0.221. The van der Waals surface area contributed by atoms with Crippen LogP contribution >= 0.6 is 0 Å². The summed E-state index contributed by atoms with van der Waals surface area (Å²) in [6.45, 7) is 5.25. The zero-order valence-corrected chi connectivity index (χ0v) is 9.66. The number of hydrogen-bond acceptors (Lipinski definition) is 3. The summed E-state index contributed by atoms with van der Waals surface area (Å²) in [7, 11) is 0. The van der Waals surface area contributed by atoms with Crippen LogP contribution in [0.15, 0.2) is 0 Å². The monoisotopic (exact) mass is 214 g/mol. The first-order valence-electron chi connectivity index (χ1n) is 5.79. The van der Waals surface area contributed by atoms with E-state index >= 15 is 0 Å². The molecule has 1 aliphatic heterocycles. The molecule has 1 rings (SSSR count). The summed E-state index contributed by atoms with van der Waals surface area (Å²) < 4.78 is 5.38. The molecular formula is C11H22N2O2. The Balaban J connectivity index is 2.33. The molecule has 0 aliphatic carbocycles. The second kappa shape index (κ2) is 6.08. The third-order valence-electron chi connectivity index (χ3n) is 2.92. The maximum Gasteiger partial charge on any atom is 0.225 e. The maximum atomic E-state index is 11.8. The minimum absolute atomic E-state index is 0.0341. The Bertz CT molecular complexity index is 209. The van der Waals surface area contributed by atoms with Crippen LogP contribution in [0.2, 0.25) is 0 Å². The van der Waals surface area contributed by atoms with Crippen LogP contribution in [0, 0.1) is 5.92 Å². The summed E-state index contributed by atoms with van der Waals surface area (Å²) in [5.41, 5.74) is 5.48. The van der Waals surface area contributed by atoms with Gasteiger partial charge in [-0.3, -0.25) is 4.79 Å². The number of hydrogen-bond donors (Lipinski definition) is 2. The van der Waals surface area contributed by atoms with Gasteiger partial charge < -0.3 is 15.8 Å². The second-order valence-corrected chi connectivity index (χ2v) is 4.27. The van der Waals surface area contributed by atoms with Crippen molar-refractivity contribution in [2.75, 3.05) is 13.2 Å². The standard InChI is InChI=1S/C11H22N2O2/c1-3-10(4-5-12)13-11(14)9-6-8(2)15-7-9/h8-10H,3-7,12H2,1-2H3,(H,13,14). The predicted octanol–water partition coefficient (Wildman–Crippen LogP) is 0.655. The van der Waals surface area contributed by atoms with Crippen LogP contribution in [0.4, 0.5) is 0 Å². The lowest BCUT2D eigenvalue weighted by Gasteiger charge is -2.18. The number of nitrogens with one attached hydrogen (secondary N) is 1. The molecule has 0 radical (unpaired) electrons. The SMILES string of the molecule is CCC(CCN)NC(=O)C1COC(C)C1. The van der Waals surface area contributed by atoms with Crippen LogP contribution in [0.3, 0.4) is 0 Å². The Kier molecular flexibility index (Phi) is 5.05. The van der Waals surface area contributed by atoms with E-state index in [1.165, 1.54) is 0 Å². The fourth-order valence-electron chi connectivity index (χ4n) is 1.90. The van der Waals surface area contributed by atoms with Crippen LogP contribution in [0.25, 0.3) is 0 Å². The number of carbonyl (C=O) groups is 1. The first kappa shape index (κ1) is 12.5. The summed E-state index contributed by atoms with van der Waals surface area (Å²) >= 11 is 0. The van der Waals surface area contributed by atoms with Gasteiger partial charge in [0.05, 0.1) is 18.6 Å². The molecule has 0 aromatic carbocycles. The lowest BCUT2D eigenvalue weighted by atomic mass is 10.0. The van der Waals surface area contributed by atoms with Gasteiger partial charge in [-0.2, -0.15) is 0 Å². The molecule has 0 aromatic heterocycles. The smallest absolute Gasteiger partial charge is 0.225 e. The second-order valence-electron chi connectivity index (χ2n) is 4.27. The van der Waals surface area contributed by atoms with Crippen molar-refractivity contribution < 1.29 is 9.53 Å². The molecule has 88 valence electrons. The molecular weight excluding hydrogens is 192 g/mol. The zero-order chi connectivity index (χ0) is 11.3. The van der Waals surface area contributed by atoms with E-state index in [1.807, 2.05) is 6.92 Å². The first-order valence-corrected chi connectivity index (χ1v) is 5.79. The van der Waals surface area contributed by atoms with Gasteiger partial charge in [0.25, 0.3) is 0 Å². The van der Waals surface area contributed by atoms with Crippen molar-refractivity contribution in [2.45, 2.75) is 45.3 Å². The van der Waals surface area contributed by atoms with Crippen LogP contribution in [-0.2, 0) is 9.53 Å². The van der Waals surface area contributed by atoms with Crippen LogP contribution in [0.5, 0.6) is 0 Å². The van der Waals surface area contributed by atoms with Crippen molar-refractivity contribution in [1.29, 1.82) is 0 Å². The number of rotatable bonds is 5. The van der Waals surface area contributed by atoms with E-state index in [1.54, 1.807) is 0 Å². The minimum atomic E-state index is 0.0341. The summed E-state index contributed by atoms with van der Waals surface area (Å²) in [4.78, 5) is 11.8. The molecule has 0 aromatic rings. The third-order valence-corrected chi connectivity index (χ3v) is 2.92. The highest BCUT2D eigenvalue weighted by Crippen LogP contribution is 2.19. The van der Waals surface area contributed by atoms with E-state index < -0.39 is 0 Å². The molecule has 1 fully saturated rings. The largest absolute Gasteiger partial charge is 0.378 e. The van der Waals surface area contributed by atoms with Gasteiger partial charge in [0, 0.05) is 6.04 Å². The molecule has 1 heterocycles. The number of amides is 1. The van der Waals surface area contributed by atoms with Gasteiger partial charge in [-0.05, 0) is 32.7 Å². The molecule has 3 atom stereocenters. The molecule has 4 nitrogen and oxygen atoms in total. The molecule has 0 bridgehead atoms. The molecule has 0 spiro atoms. The molecule has 15 heavy (non-hydrogen) atoms. The molecule has 3 unspecified atom stereocenters. The van der Waals surface area contributed by atoms with Crippen molar-refractivity contribution in [1.82, 2.24) is 5.32 Å². The van der Waals surface area contributed by atoms with Crippen molar-refractivity contribution in [2.24, 2.45) is 11.7 Å². The fourth-order valence-corrected chi connectivity index (χ4v) is 1.90. The summed E-state index contributed by atoms with van der Waals surface area (Å²) in [5, 5.41) is 3.03. The quantitative estimate of drug-likeness (QED) is 0.706. The Labute approximate surface area is 91.5 Å². The lowest BCUT2D eigenvalue weighted by molar-refractivity contribution is -0.125. The molecule has 1 amide bonds. The Hall–Kier alpha value is -0.610. The highest BCUT2D eigenvalue weighted by Gasteiger charge is 2.28. The van der Waals surface area contributed by atoms with Gasteiger partial charge in [-0.25, -0.2) is 0 Å². The fraction of sp³-hybridized carbons (Fsp3) is 0.909. The minimum Gasteiger partial charge on any atom is -0.378 e. The van der Waals surface area contributed by atoms with Gasteiger partial charge in [0.1, 0.15) is 0 Å². The van der Waals surface area contributed by atoms with Gasteiger partial charge in [-0.15, -0.1) is 0 Å². The Morgan fingerprint density at radius 2 is 2.40 bits per heavy atom. The molecule has 1 saturated heterocycles. The number of carbonyl (C=O) groups excluding carboxylic acids is 1. The summed E-state index contributed by atoms with van der Waals surface area (Å²) in [5.74, 6) is 0.159. The topological polar surface area (TPSA) is 64.3 Å². The average Bonchev–Trinajstić information content (AvgIpc) is 2.64. The zero-order valence-electron chi connectivity index (χ0n) is 9.66. The van der Waals surface area contributed by atoms with Crippen LogP contribution in [0.1, 0.15) is 33.1 Å². The number of ether oxygens (including phenoxy) is 1. The van der Waals surface area contributed by atoms with Gasteiger partial charge in [0.15, 0.2) is 0 Å². The summed E-state index contributed by atoms with van der Waals surface area (Å²) in [6.07, 6.45) is 2.85. The van der Waals surface area contributed by atoms with E-state index in [4.69, 9.17) is 10.5 Å². The first-order chi connectivity index (χ1) is 7.17. The van der Waals surface area contributed by atoms with Gasteiger partial charge in [0.2, 0.25) is 5.91 Å². The molecule has 3 N–H and O–H groups in total. The highest BCUT2D eigenvalue weighted by molar-refractivity contribution is 5.79. The normalized spacial score (nSPS) is 27.7. The van der Waals surface area contributed by atoms with Crippen LogP contribution < -0.4 is 11.1 Å². The molecule has 1 aliphatic rings. The molecule has 0 saturated carbocycles. The van der Waals surface area contributed by atoms with Crippen molar-refractivity contribution in [3.63, 3.8) is 0 Å². The van der Waals surface area contributed by atoms with E-state index in [2.05, 4.69) is 12.2 Å². The third kappa shape index (κ3) is 3.80. The predicted molar refractivity (Wildman–Crippen MR) is 59.4 cm³/mol. The van der Waals surface area contributed by atoms with Crippen molar-refractivity contribution in [3.05, 3.63) is 0 Å².